The number of hydrogen-bond acceptors (Lipinski definition) is 6. The molecule has 0 aliphatic rings. The maximum absolute atomic E-state index is 10.4. The van der Waals surface area contributed by atoms with Gasteiger partial charge in [0.1, 0.15) is 0 Å². The number of ether oxygens (including phenoxy) is 1. The van der Waals surface area contributed by atoms with Crippen molar-refractivity contribution >= 4 is 17.9 Å². The van der Waals surface area contributed by atoms with E-state index in [-0.39, 0.29) is 25.3 Å². The minimum absolute atomic E-state index is 0. The van der Waals surface area contributed by atoms with E-state index in [9.17, 15) is 14.4 Å². The van der Waals surface area contributed by atoms with Crippen LogP contribution >= 0.6 is 0 Å². The molecule has 0 rings (SSSR count). The molecule has 0 aliphatic heterocycles. The summed E-state index contributed by atoms with van der Waals surface area (Å²) in [5.74, 6) is -3.87. The van der Waals surface area contributed by atoms with Gasteiger partial charge in [-0.2, -0.15) is 0 Å². The quantitative estimate of drug-likeness (QED) is 0.398. The summed E-state index contributed by atoms with van der Waals surface area (Å²) in [7, 11) is 0. The number of aliphatic carboxylic acids is 3. The minimum Gasteiger partial charge on any atom is -0.481 e. The lowest BCUT2D eigenvalue weighted by Gasteiger charge is -2.09. The highest BCUT2D eigenvalue weighted by Gasteiger charge is 2.21. The summed E-state index contributed by atoms with van der Waals surface area (Å²) < 4.78 is 4.56. The van der Waals surface area contributed by atoms with Crippen molar-refractivity contribution in [1.29, 1.82) is 0 Å². The van der Waals surface area contributed by atoms with Gasteiger partial charge in [-0.1, -0.05) is 0 Å². The van der Waals surface area contributed by atoms with E-state index >= 15 is 0 Å². The molecule has 96 valence electrons. The molecular formula is C7H16N2O7. The largest absolute Gasteiger partial charge is 0.481 e. The van der Waals surface area contributed by atoms with Crippen LogP contribution in [-0.4, -0.2) is 45.9 Å². The van der Waals surface area contributed by atoms with Crippen LogP contribution in [0.25, 0.3) is 0 Å². The van der Waals surface area contributed by atoms with Crippen LogP contribution in [0.2, 0.25) is 0 Å². The first-order valence-electron chi connectivity index (χ1n) is 3.71. The average Bonchev–Trinajstić information content (AvgIpc) is 2.00. The van der Waals surface area contributed by atoms with E-state index in [4.69, 9.17) is 15.3 Å². The Kier molecular flexibility index (Phi) is 12.2. The summed E-state index contributed by atoms with van der Waals surface area (Å²) in [5.41, 5.74) is 0. The number of carboxylic acid groups (broad SMARTS) is 3. The summed E-state index contributed by atoms with van der Waals surface area (Å²) in [4.78, 5) is 30.6. The maximum atomic E-state index is 10.4. The van der Waals surface area contributed by atoms with Gasteiger partial charge in [0.05, 0.1) is 19.4 Å². The molecular weight excluding hydrogens is 224 g/mol. The Morgan fingerprint density at radius 1 is 1.00 bits per heavy atom. The Labute approximate surface area is 91.2 Å². The van der Waals surface area contributed by atoms with Crippen molar-refractivity contribution in [2.24, 2.45) is 0 Å². The molecule has 9 nitrogen and oxygen atoms in total. The molecule has 0 bridgehead atoms. The third kappa shape index (κ3) is 10.4. The van der Waals surface area contributed by atoms with E-state index in [2.05, 4.69) is 4.74 Å². The molecule has 0 aliphatic carbocycles. The van der Waals surface area contributed by atoms with Crippen molar-refractivity contribution in [2.75, 3.05) is 6.61 Å². The van der Waals surface area contributed by atoms with Crippen LogP contribution in [0.1, 0.15) is 12.8 Å². The Morgan fingerprint density at radius 2 is 1.50 bits per heavy atom. The number of carboxylic acids is 3. The van der Waals surface area contributed by atoms with E-state index in [0.717, 1.165) is 0 Å². The van der Waals surface area contributed by atoms with Crippen LogP contribution in [0.3, 0.4) is 0 Å². The fourth-order valence-electron chi connectivity index (χ4n) is 0.665. The van der Waals surface area contributed by atoms with Crippen molar-refractivity contribution in [3.8, 4) is 0 Å². The van der Waals surface area contributed by atoms with E-state index in [0.29, 0.717) is 0 Å². The lowest BCUT2D eigenvalue weighted by Crippen LogP contribution is -2.27. The van der Waals surface area contributed by atoms with Gasteiger partial charge in [0.25, 0.3) is 0 Å². The summed E-state index contributed by atoms with van der Waals surface area (Å²) >= 11 is 0. The van der Waals surface area contributed by atoms with E-state index in [1.165, 1.54) is 0 Å². The average molecular weight is 240 g/mol. The second-order valence-electron chi connectivity index (χ2n) is 2.44. The molecule has 9 N–H and O–H groups in total. The van der Waals surface area contributed by atoms with Crippen LogP contribution in [-0.2, 0) is 19.1 Å². The zero-order chi connectivity index (χ0) is 11.1. The number of rotatable bonds is 7. The second kappa shape index (κ2) is 9.83. The Hall–Kier alpha value is -1.71. The normalized spacial score (nSPS) is 10.5. The molecule has 16 heavy (non-hydrogen) atoms. The highest BCUT2D eigenvalue weighted by Crippen LogP contribution is 2.00. The van der Waals surface area contributed by atoms with Crippen molar-refractivity contribution < 1.29 is 34.4 Å². The van der Waals surface area contributed by atoms with Gasteiger partial charge in [-0.3, -0.25) is 9.59 Å². The molecule has 0 saturated heterocycles. The molecule has 0 amide bonds. The predicted molar refractivity (Wildman–Crippen MR) is 51.9 cm³/mol. The van der Waals surface area contributed by atoms with Crippen molar-refractivity contribution in [3.05, 3.63) is 0 Å². The number of hydrogen-bond donors (Lipinski definition) is 5. The van der Waals surface area contributed by atoms with Crippen LogP contribution < -0.4 is 12.3 Å². The van der Waals surface area contributed by atoms with Crippen LogP contribution in [0.15, 0.2) is 0 Å². The molecule has 0 saturated carbocycles. The molecule has 0 aromatic carbocycles. The molecule has 9 heteroatoms. The molecule has 0 fully saturated rings. The van der Waals surface area contributed by atoms with Crippen molar-refractivity contribution in [3.63, 3.8) is 0 Å². The topological polar surface area (TPSA) is 191 Å². The van der Waals surface area contributed by atoms with Gasteiger partial charge in [0.2, 0.25) is 0 Å². The standard InChI is InChI=1S/C7H10O7.2H3N/c8-5(9)1-2-14-4(7(12)13)3-6(10)11;;/h4H,1-3H2,(H,8,9)(H,10,11)(H,12,13);2*1H3. The van der Waals surface area contributed by atoms with Crippen LogP contribution in [0.4, 0.5) is 0 Å². The Morgan fingerprint density at radius 3 is 1.81 bits per heavy atom. The van der Waals surface area contributed by atoms with Gasteiger partial charge >= 0.3 is 17.9 Å². The van der Waals surface area contributed by atoms with Gasteiger partial charge in [0, 0.05) is 0 Å². The van der Waals surface area contributed by atoms with Gasteiger partial charge in [-0.25, -0.2) is 4.79 Å². The molecule has 0 spiro atoms. The highest BCUT2D eigenvalue weighted by atomic mass is 16.5. The summed E-state index contributed by atoms with van der Waals surface area (Å²) in [5, 5.41) is 24.9. The first-order chi connectivity index (χ1) is 6.43. The van der Waals surface area contributed by atoms with Crippen LogP contribution in [0, 0.1) is 0 Å². The van der Waals surface area contributed by atoms with Gasteiger partial charge in [-0.05, 0) is 0 Å². The third-order valence-electron chi connectivity index (χ3n) is 1.27. The smallest absolute Gasteiger partial charge is 0.333 e. The first kappa shape index (κ1) is 19.8. The van der Waals surface area contributed by atoms with Gasteiger partial charge < -0.3 is 32.4 Å². The molecule has 1 unspecified atom stereocenters. The fraction of sp³-hybridized carbons (Fsp3) is 0.571. The maximum Gasteiger partial charge on any atom is 0.333 e. The molecule has 0 heterocycles. The Balaban J connectivity index is -0.000000845. The summed E-state index contributed by atoms with van der Waals surface area (Å²) in [6.07, 6.45) is -2.54. The van der Waals surface area contributed by atoms with Crippen LogP contribution in [0.5, 0.6) is 0 Å². The monoisotopic (exact) mass is 240 g/mol. The lowest BCUT2D eigenvalue weighted by atomic mass is 10.2. The molecule has 0 aromatic rings. The van der Waals surface area contributed by atoms with Gasteiger partial charge in [0.15, 0.2) is 6.10 Å². The SMILES string of the molecule is N.N.O=C(O)CCOC(CC(=O)O)C(=O)O. The molecule has 1 atom stereocenters. The zero-order valence-corrected chi connectivity index (χ0v) is 8.59. The van der Waals surface area contributed by atoms with Crippen molar-refractivity contribution in [1.82, 2.24) is 12.3 Å². The van der Waals surface area contributed by atoms with Crippen molar-refractivity contribution in [2.45, 2.75) is 18.9 Å². The highest BCUT2D eigenvalue weighted by molar-refractivity contribution is 5.79. The van der Waals surface area contributed by atoms with E-state index < -0.39 is 30.4 Å². The van der Waals surface area contributed by atoms with E-state index in [1.54, 1.807) is 0 Å². The second-order valence-corrected chi connectivity index (χ2v) is 2.44. The summed E-state index contributed by atoms with van der Waals surface area (Å²) in [6.45, 7) is -0.320. The molecule has 0 aromatic heterocycles. The fourth-order valence-corrected chi connectivity index (χ4v) is 0.665. The minimum atomic E-state index is -1.49. The number of carbonyl (C=O) groups is 3. The third-order valence-corrected chi connectivity index (χ3v) is 1.27. The zero-order valence-electron chi connectivity index (χ0n) is 8.59. The predicted octanol–water partition coefficient (Wildman–Crippen LogP) is -0.270. The van der Waals surface area contributed by atoms with E-state index in [1.807, 2.05) is 0 Å². The lowest BCUT2D eigenvalue weighted by molar-refractivity contribution is -0.158. The van der Waals surface area contributed by atoms with Gasteiger partial charge in [-0.15, -0.1) is 0 Å². The Bertz CT molecular complexity index is 243. The summed E-state index contributed by atoms with van der Waals surface area (Å²) in [6, 6.07) is 0. The first-order valence-corrected chi connectivity index (χ1v) is 3.71. The molecule has 0 radical (unpaired) electrons.